The molecule has 2 rings (SSSR count). The van der Waals surface area contributed by atoms with Gasteiger partial charge in [0.05, 0.1) is 13.0 Å². The topological polar surface area (TPSA) is 29.5 Å². The molecule has 0 radical (unpaired) electrons. The molecule has 0 saturated heterocycles. The number of nitrogens with zero attached hydrogens (tertiary/aromatic N) is 1. The molecule has 3 heteroatoms. The van der Waals surface area contributed by atoms with E-state index in [1.54, 1.807) is 7.11 Å². The molecule has 1 aliphatic rings. The van der Waals surface area contributed by atoms with Gasteiger partial charge in [-0.05, 0) is 25.0 Å². The highest BCUT2D eigenvalue weighted by Gasteiger charge is 2.29. The molecule has 1 unspecified atom stereocenters. The summed E-state index contributed by atoms with van der Waals surface area (Å²) in [6.45, 7) is 2.58. The predicted molar refractivity (Wildman–Crippen MR) is 63.6 cm³/mol. The molecule has 0 aromatic heterocycles. The van der Waals surface area contributed by atoms with E-state index < -0.39 is 0 Å². The van der Waals surface area contributed by atoms with Crippen molar-refractivity contribution in [3.63, 3.8) is 0 Å². The molecule has 0 fully saturated rings. The number of para-hydroxylation sites is 1. The molecule has 1 atom stereocenters. The second-order valence-electron chi connectivity index (χ2n) is 4.19. The molecule has 86 valence electrons. The van der Waals surface area contributed by atoms with Crippen molar-refractivity contribution in [2.75, 3.05) is 18.6 Å². The first-order chi connectivity index (χ1) is 7.74. The summed E-state index contributed by atoms with van der Waals surface area (Å²) in [6, 6.07) is 8.38. The van der Waals surface area contributed by atoms with Crippen LogP contribution < -0.4 is 4.90 Å². The first-order valence-corrected chi connectivity index (χ1v) is 5.63. The Balaban J connectivity index is 2.18. The van der Waals surface area contributed by atoms with Crippen molar-refractivity contribution in [2.45, 2.75) is 25.8 Å². The Hall–Kier alpha value is -1.35. The predicted octanol–water partition coefficient (Wildman–Crippen LogP) is 2.00. The number of methoxy groups -OCH3 is 1. The lowest BCUT2D eigenvalue weighted by molar-refractivity contribution is -0.119. The fraction of sp³-hybridized carbons (Fsp3) is 0.462. The van der Waals surface area contributed by atoms with Gasteiger partial charge in [0.25, 0.3) is 0 Å². The molecule has 1 heterocycles. The number of carbonyl (C=O) groups excluding carboxylic acids is 1. The lowest BCUT2D eigenvalue weighted by Gasteiger charge is -2.22. The molecule has 0 spiro atoms. The third-order valence-corrected chi connectivity index (χ3v) is 3.00. The molecule has 0 saturated carbocycles. The molecule has 16 heavy (non-hydrogen) atoms. The lowest BCUT2D eigenvalue weighted by atomic mass is 10.1. The number of amides is 1. The summed E-state index contributed by atoms with van der Waals surface area (Å²) in [5, 5.41) is 0. The molecule has 1 aliphatic heterocycles. The number of fused-ring (bicyclic) bond motifs is 1. The summed E-state index contributed by atoms with van der Waals surface area (Å²) in [7, 11) is 1.62. The Kier molecular flexibility index (Phi) is 3.25. The molecule has 1 aromatic carbocycles. The van der Waals surface area contributed by atoms with Crippen LogP contribution in [-0.4, -0.2) is 25.7 Å². The van der Waals surface area contributed by atoms with E-state index in [2.05, 4.69) is 13.0 Å². The van der Waals surface area contributed by atoms with Crippen LogP contribution in [0.2, 0.25) is 0 Å². The van der Waals surface area contributed by atoms with Gasteiger partial charge >= 0.3 is 0 Å². The van der Waals surface area contributed by atoms with E-state index in [4.69, 9.17) is 4.74 Å². The van der Waals surface area contributed by atoms with E-state index in [9.17, 15) is 4.79 Å². The Morgan fingerprint density at radius 3 is 3.00 bits per heavy atom. The van der Waals surface area contributed by atoms with Crippen LogP contribution in [-0.2, 0) is 16.0 Å². The minimum Gasteiger partial charge on any atom is -0.384 e. The normalized spacial score (nSPS) is 18.6. The van der Waals surface area contributed by atoms with Gasteiger partial charge in [0.2, 0.25) is 5.91 Å². The highest BCUT2D eigenvalue weighted by molar-refractivity contribution is 5.96. The van der Waals surface area contributed by atoms with Crippen molar-refractivity contribution in [3.8, 4) is 0 Å². The SMILES string of the molecule is COCCC(=O)N1c2ccccc2CC1C. The molecule has 0 bridgehead atoms. The monoisotopic (exact) mass is 219 g/mol. The van der Waals surface area contributed by atoms with Crippen LogP contribution in [0.3, 0.4) is 0 Å². The Bertz CT molecular complexity index is 389. The van der Waals surface area contributed by atoms with Gasteiger partial charge in [-0.1, -0.05) is 18.2 Å². The summed E-state index contributed by atoms with van der Waals surface area (Å²) in [5.41, 5.74) is 2.33. The summed E-state index contributed by atoms with van der Waals surface area (Å²) in [4.78, 5) is 13.9. The fourth-order valence-corrected chi connectivity index (χ4v) is 2.26. The van der Waals surface area contributed by atoms with E-state index >= 15 is 0 Å². The fourth-order valence-electron chi connectivity index (χ4n) is 2.26. The third-order valence-electron chi connectivity index (χ3n) is 3.00. The van der Waals surface area contributed by atoms with Gasteiger partial charge in [0, 0.05) is 18.8 Å². The zero-order chi connectivity index (χ0) is 11.5. The molecule has 1 amide bonds. The van der Waals surface area contributed by atoms with E-state index in [0.29, 0.717) is 13.0 Å². The van der Waals surface area contributed by atoms with Crippen LogP contribution in [0.5, 0.6) is 0 Å². The van der Waals surface area contributed by atoms with Gasteiger partial charge in [-0.3, -0.25) is 4.79 Å². The maximum Gasteiger partial charge on any atom is 0.229 e. The van der Waals surface area contributed by atoms with Crippen molar-refractivity contribution in [3.05, 3.63) is 29.8 Å². The average Bonchev–Trinajstić information content (AvgIpc) is 2.62. The minimum absolute atomic E-state index is 0.152. The molecular formula is C13H17NO2. The number of rotatable bonds is 3. The zero-order valence-corrected chi connectivity index (χ0v) is 9.77. The minimum atomic E-state index is 0.152. The van der Waals surface area contributed by atoms with Crippen LogP contribution >= 0.6 is 0 Å². The quantitative estimate of drug-likeness (QED) is 0.778. The number of ether oxygens (including phenoxy) is 1. The van der Waals surface area contributed by atoms with Crippen LogP contribution in [0.25, 0.3) is 0 Å². The third kappa shape index (κ3) is 1.95. The summed E-state index contributed by atoms with van der Waals surface area (Å²) < 4.78 is 4.95. The van der Waals surface area contributed by atoms with E-state index in [-0.39, 0.29) is 11.9 Å². The van der Waals surface area contributed by atoms with E-state index in [0.717, 1.165) is 12.1 Å². The molecule has 0 N–H and O–H groups in total. The van der Waals surface area contributed by atoms with Gasteiger partial charge in [0.15, 0.2) is 0 Å². The average molecular weight is 219 g/mol. The highest BCUT2D eigenvalue weighted by atomic mass is 16.5. The number of benzene rings is 1. The summed E-state index contributed by atoms with van der Waals surface area (Å²) >= 11 is 0. The number of anilines is 1. The smallest absolute Gasteiger partial charge is 0.229 e. The van der Waals surface area contributed by atoms with E-state index in [1.165, 1.54) is 5.56 Å². The largest absolute Gasteiger partial charge is 0.384 e. The Morgan fingerprint density at radius 1 is 1.50 bits per heavy atom. The molecule has 3 nitrogen and oxygen atoms in total. The standard InChI is InChI=1S/C13H17NO2/c1-10-9-11-5-3-4-6-12(11)14(10)13(15)7-8-16-2/h3-6,10H,7-9H2,1-2H3. The van der Waals surface area contributed by atoms with Crippen molar-refractivity contribution >= 4 is 11.6 Å². The second-order valence-corrected chi connectivity index (χ2v) is 4.19. The Morgan fingerprint density at radius 2 is 2.25 bits per heavy atom. The highest BCUT2D eigenvalue weighted by Crippen LogP contribution is 2.32. The lowest BCUT2D eigenvalue weighted by Crippen LogP contribution is -2.36. The molecular weight excluding hydrogens is 202 g/mol. The number of carbonyl (C=O) groups is 1. The van der Waals surface area contributed by atoms with Gasteiger partial charge in [-0.2, -0.15) is 0 Å². The van der Waals surface area contributed by atoms with Gasteiger partial charge < -0.3 is 9.64 Å². The summed E-state index contributed by atoms with van der Waals surface area (Å²) in [5.74, 6) is 0.152. The van der Waals surface area contributed by atoms with Gasteiger partial charge in [0.1, 0.15) is 0 Å². The maximum atomic E-state index is 12.0. The van der Waals surface area contributed by atoms with Crippen molar-refractivity contribution in [1.82, 2.24) is 0 Å². The van der Waals surface area contributed by atoms with Crippen LogP contribution in [0.4, 0.5) is 5.69 Å². The first kappa shape index (κ1) is 11.1. The van der Waals surface area contributed by atoms with Gasteiger partial charge in [-0.15, -0.1) is 0 Å². The number of hydrogen-bond acceptors (Lipinski definition) is 2. The molecule has 1 aromatic rings. The number of hydrogen-bond donors (Lipinski definition) is 0. The Labute approximate surface area is 96.0 Å². The zero-order valence-electron chi connectivity index (χ0n) is 9.77. The van der Waals surface area contributed by atoms with Gasteiger partial charge in [-0.25, -0.2) is 0 Å². The van der Waals surface area contributed by atoms with Crippen LogP contribution in [0.1, 0.15) is 18.9 Å². The van der Waals surface area contributed by atoms with Crippen LogP contribution in [0.15, 0.2) is 24.3 Å². The first-order valence-electron chi connectivity index (χ1n) is 5.63. The van der Waals surface area contributed by atoms with Crippen molar-refractivity contribution in [2.24, 2.45) is 0 Å². The maximum absolute atomic E-state index is 12.0. The molecule has 0 aliphatic carbocycles. The van der Waals surface area contributed by atoms with E-state index in [1.807, 2.05) is 23.1 Å². The van der Waals surface area contributed by atoms with Crippen molar-refractivity contribution in [1.29, 1.82) is 0 Å². The van der Waals surface area contributed by atoms with Crippen molar-refractivity contribution < 1.29 is 9.53 Å². The summed E-state index contributed by atoms with van der Waals surface area (Å²) in [6.07, 6.45) is 1.41. The van der Waals surface area contributed by atoms with Crippen LogP contribution in [0, 0.1) is 0 Å². The second kappa shape index (κ2) is 4.66.